The predicted octanol–water partition coefficient (Wildman–Crippen LogP) is 5.98. The molecule has 0 aliphatic heterocycles. The SMILES string of the molecule is CC(C)(C)c1ccc(CSc2nc3ccccc3c(=O)n2-c2ccccc2)cc1. The fourth-order valence-corrected chi connectivity index (χ4v) is 4.23. The highest BCUT2D eigenvalue weighted by Crippen LogP contribution is 2.27. The lowest BCUT2D eigenvalue weighted by Gasteiger charge is -2.19. The van der Waals surface area contributed by atoms with Crippen LogP contribution in [0.15, 0.2) is 88.8 Å². The molecule has 4 aromatic rings. The lowest BCUT2D eigenvalue weighted by atomic mass is 9.87. The molecule has 4 rings (SSSR count). The van der Waals surface area contributed by atoms with Crippen LogP contribution in [0.5, 0.6) is 0 Å². The summed E-state index contributed by atoms with van der Waals surface area (Å²) in [4.78, 5) is 18.0. The van der Waals surface area contributed by atoms with E-state index in [0.717, 1.165) is 17.0 Å². The first-order chi connectivity index (χ1) is 13.9. The molecule has 0 fully saturated rings. The molecular weight excluding hydrogens is 376 g/mol. The van der Waals surface area contributed by atoms with Crippen LogP contribution in [0.4, 0.5) is 0 Å². The molecule has 29 heavy (non-hydrogen) atoms. The monoisotopic (exact) mass is 400 g/mol. The number of nitrogens with zero attached hydrogens (tertiary/aromatic N) is 2. The number of rotatable bonds is 4. The van der Waals surface area contributed by atoms with E-state index < -0.39 is 0 Å². The van der Waals surface area contributed by atoms with Crippen LogP contribution in [-0.2, 0) is 11.2 Å². The summed E-state index contributed by atoms with van der Waals surface area (Å²) in [6.07, 6.45) is 0. The molecule has 0 N–H and O–H groups in total. The van der Waals surface area contributed by atoms with Gasteiger partial charge in [0.15, 0.2) is 5.16 Å². The summed E-state index contributed by atoms with van der Waals surface area (Å²) >= 11 is 1.59. The molecular formula is C25H24N2OS. The zero-order valence-electron chi connectivity index (χ0n) is 16.9. The fraction of sp³-hybridized carbons (Fsp3) is 0.200. The van der Waals surface area contributed by atoms with E-state index in [0.29, 0.717) is 10.5 Å². The number of hydrogen-bond acceptors (Lipinski definition) is 3. The number of hydrogen-bond donors (Lipinski definition) is 0. The summed E-state index contributed by atoms with van der Waals surface area (Å²) in [5, 5.41) is 1.34. The number of benzene rings is 3. The van der Waals surface area contributed by atoms with Crippen LogP contribution >= 0.6 is 11.8 Å². The maximum Gasteiger partial charge on any atom is 0.266 e. The minimum atomic E-state index is -0.0348. The third-order valence-corrected chi connectivity index (χ3v) is 5.96. The Kier molecular flexibility index (Phi) is 5.29. The number of fused-ring (bicyclic) bond motifs is 1. The van der Waals surface area contributed by atoms with Crippen molar-refractivity contribution < 1.29 is 0 Å². The first kappa shape index (κ1) is 19.5. The molecule has 0 aliphatic rings. The van der Waals surface area contributed by atoms with Crippen molar-refractivity contribution in [3.63, 3.8) is 0 Å². The lowest BCUT2D eigenvalue weighted by Crippen LogP contribution is -2.21. The van der Waals surface area contributed by atoms with Gasteiger partial charge in [0.05, 0.1) is 16.6 Å². The Labute approximate surface area is 175 Å². The Morgan fingerprint density at radius 1 is 0.862 bits per heavy atom. The van der Waals surface area contributed by atoms with E-state index in [1.165, 1.54) is 11.1 Å². The molecule has 1 heterocycles. The van der Waals surface area contributed by atoms with E-state index in [2.05, 4.69) is 45.0 Å². The quantitative estimate of drug-likeness (QED) is 0.312. The van der Waals surface area contributed by atoms with Crippen molar-refractivity contribution >= 4 is 22.7 Å². The van der Waals surface area contributed by atoms with Crippen molar-refractivity contribution in [3.05, 3.63) is 100 Å². The predicted molar refractivity (Wildman–Crippen MR) is 122 cm³/mol. The molecule has 0 spiro atoms. The Morgan fingerprint density at radius 2 is 1.52 bits per heavy atom. The zero-order valence-corrected chi connectivity index (χ0v) is 17.7. The van der Waals surface area contributed by atoms with Crippen molar-refractivity contribution in [2.75, 3.05) is 0 Å². The standard InChI is InChI=1S/C25H24N2OS/c1-25(2,3)19-15-13-18(14-16-19)17-29-24-26-22-12-8-7-11-21(22)23(28)27(24)20-9-5-4-6-10-20/h4-16H,17H2,1-3H3. The maximum atomic E-state index is 13.2. The largest absolute Gasteiger partial charge is 0.268 e. The molecule has 0 bridgehead atoms. The molecule has 0 aliphatic carbocycles. The minimum absolute atomic E-state index is 0.0348. The van der Waals surface area contributed by atoms with Crippen LogP contribution in [0.3, 0.4) is 0 Å². The fourth-order valence-electron chi connectivity index (χ4n) is 3.26. The minimum Gasteiger partial charge on any atom is -0.268 e. The van der Waals surface area contributed by atoms with Gasteiger partial charge in [-0.3, -0.25) is 9.36 Å². The molecule has 0 saturated carbocycles. The van der Waals surface area contributed by atoms with Gasteiger partial charge in [-0.2, -0.15) is 0 Å². The second kappa shape index (κ2) is 7.88. The summed E-state index contributed by atoms with van der Waals surface area (Å²) in [6, 6.07) is 26.0. The smallest absolute Gasteiger partial charge is 0.266 e. The van der Waals surface area contributed by atoms with Gasteiger partial charge in [0.2, 0.25) is 0 Å². The normalized spacial score (nSPS) is 11.7. The molecule has 146 valence electrons. The molecule has 0 saturated heterocycles. The van der Waals surface area contributed by atoms with Crippen LogP contribution in [0.1, 0.15) is 31.9 Å². The van der Waals surface area contributed by atoms with Crippen molar-refractivity contribution in [2.45, 2.75) is 37.1 Å². The van der Waals surface area contributed by atoms with Gasteiger partial charge < -0.3 is 0 Å². The average Bonchev–Trinajstić information content (AvgIpc) is 2.73. The van der Waals surface area contributed by atoms with Crippen LogP contribution in [0.25, 0.3) is 16.6 Å². The topological polar surface area (TPSA) is 34.9 Å². The molecule has 0 unspecified atom stereocenters. The second-order valence-corrected chi connectivity index (χ2v) is 9.07. The van der Waals surface area contributed by atoms with Crippen LogP contribution in [0.2, 0.25) is 0 Å². The number of para-hydroxylation sites is 2. The Hall–Kier alpha value is -2.85. The van der Waals surface area contributed by atoms with Gasteiger partial charge in [0.1, 0.15) is 0 Å². The van der Waals surface area contributed by atoms with Crippen molar-refractivity contribution in [1.82, 2.24) is 9.55 Å². The van der Waals surface area contributed by atoms with E-state index in [1.807, 2.05) is 54.6 Å². The Morgan fingerprint density at radius 3 is 2.21 bits per heavy atom. The van der Waals surface area contributed by atoms with Crippen molar-refractivity contribution in [2.24, 2.45) is 0 Å². The Balaban J connectivity index is 1.72. The number of thioether (sulfide) groups is 1. The summed E-state index contributed by atoms with van der Waals surface area (Å²) in [5.74, 6) is 0.752. The van der Waals surface area contributed by atoms with E-state index in [-0.39, 0.29) is 11.0 Å². The van der Waals surface area contributed by atoms with Gasteiger partial charge in [-0.25, -0.2) is 4.98 Å². The van der Waals surface area contributed by atoms with E-state index in [1.54, 1.807) is 16.3 Å². The van der Waals surface area contributed by atoms with Gasteiger partial charge in [-0.15, -0.1) is 0 Å². The van der Waals surface area contributed by atoms with Gasteiger partial charge in [0, 0.05) is 5.75 Å². The van der Waals surface area contributed by atoms with E-state index in [4.69, 9.17) is 4.98 Å². The third kappa shape index (κ3) is 4.13. The summed E-state index contributed by atoms with van der Waals surface area (Å²) in [6.45, 7) is 6.65. The van der Waals surface area contributed by atoms with Crippen molar-refractivity contribution in [1.29, 1.82) is 0 Å². The van der Waals surface area contributed by atoms with Crippen LogP contribution in [0, 0.1) is 0 Å². The maximum absolute atomic E-state index is 13.2. The summed E-state index contributed by atoms with van der Waals surface area (Å²) < 4.78 is 1.72. The van der Waals surface area contributed by atoms with Gasteiger partial charge in [-0.05, 0) is 40.8 Å². The molecule has 0 radical (unpaired) electrons. The molecule has 3 nitrogen and oxygen atoms in total. The molecule has 1 aromatic heterocycles. The molecule has 0 atom stereocenters. The lowest BCUT2D eigenvalue weighted by molar-refractivity contribution is 0.590. The molecule has 4 heteroatoms. The van der Waals surface area contributed by atoms with Gasteiger partial charge in [0.25, 0.3) is 5.56 Å². The summed E-state index contributed by atoms with van der Waals surface area (Å²) in [7, 11) is 0. The van der Waals surface area contributed by atoms with Crippen LogP contribution in [-0.4, -0.2) is 9.55 Å². The molecule has 0 amide bonds. The average molecular weight is 401 g/mol. The zero-order chi connectivity index (χ0) is 20.4. The summed E-state index contributed by atoms with van der Waals surface area (Å²) in [5.41, 5.74) is 4.20. The highest BCUT2D eigenvalue weighted by atomic mass is 32.2. The van der Waals surface area contributed by atoms with Crippen molar-refractivity contribution in [3.8, 4) is 5.69 Å². The van der Waals surface area contributed by atoms with Crippen LogP contribution < -0.4 is 5.56 Å². The van der Waals surface area contributed by atoms with Gasteiger partial charge in [-0.1, -0.05) is 87.1 Å². The van der Waals surface area contributed by atoms with E-state index >= 15 is 0 Å². The first-order valence-electron chi connectivity index (χ1n) is 9.73. The Bertz CT molecular complexity index is 1190. The second-order valence-electron chi connectivity index (χ2n) is 8.12. The van der Waals surface area contributed by atoms with E-state index in [9.17, 15) is 4.79 Å². The highest BCUT2D eigenvalue weighted by Gasteiger charge is 2.15. The first-order valence-corrected chi connectivity index (χ1v) is 10.7. The molecule has 3 aromatic carbocycles. The van der Waals surface area contributed by atoms with Gasteiger partial charge >= 0.3 is 0 Å². The highest BCUT2D eigenvalue weighted by molar-refractivity contribution is 7.98. The number of aromatic nitrogens is 2. The third-order valence-electron chi connectivity index (χ3n) is 4.95.